The molecule has 0 saturated carbocycles. The van der Waals surface area contributed by atoms with E-state index in [0.717, 1.165) is 12.1 Å². The number of hydrogen-bond donors (Lipinski definition) is 1. The van der Waals surface area contributed by atoms with Crippen molar-refractivity contribution in [1.29, 1.82) is 0 Å². The number of thiol groups is 1. The molecule has 48 valence electrons. The molecule has 0 aliphatic heterocycles. The molecule has 0 heterocycles. The molecule has 0 aromatic heterocycles. The van der Waals surface area contributed by atoms with Crippen LogP contribution in [0.15, 0.2) is 23.1 Å². The summed E-state index contributed by atoms with van der Waals surface area (Å²) in [6, 6.07) is 3.22. The largest absolute Gasteiger partial charge is 1.00 e. The zero-order valence-electron chi connectivity index (χ0n) is 5.44. The Hall–Kier alpha value is 1.07. The zero-order valence-corrected chi connectivity index (χ0v) is 9.45. The molecule has 10 heavy (non-hydrogen) atoms. The van der Waals surface area contributed by atoms with Gasteiger partial charge in [0.2, 0.25) is 0 Å². The van der Waals surface area contributed by atoms with Gasteiger partial charge < -0.3 is 0 Å². The summed E-state index contributed by atoms with van der Waals surface area (Å²) >= 11 is 3.70. The van der Waals surface area contributed by atoms with Crippen molar-refractivity contribution in [2.75, 3.05) is 0 Å². The molecule has 1 rings (SSSR count). The molecule has 4 heteroatoms. The molecule has 0 spiro atoms. The molecule has 0 saturated heterocycles. The number of benzene rings is 1. The van der Waals surface area contributed by atoms with Gasteiger partial charge in [0.15, 0.2) is 0 Å². The Bertz CT molecular complexity index is 227. The molecule has 0 unspecified atom stereocenters. The first-order valence-corrected chi connectivity index (χ1v) is 2.79. The summed E-state index contributed by atoms with van der Waals surface area (Å²) in [6.45, 7) is 0. The third-order valence-corrected chi connectivity index (χ3v) is 1.27. The molecule has 0 nitrogen and oxygen atoms in total. The Morgan fingerprint density at radius 1 is 1.20 bits per heavy atom. The van der Waals surface area contributed by atoms with Gasteiger partial charge in [-0.25, -0.2) is 8.78 Å². The second kappa shape index (κ2) is 4.85. The number of rotatable bonds is 0. The molecule has 0 amide bonds. The number of halogens is 2. The monoisotopic (exact) mass is 185 g/mol. The van der Waals surface area contributed by atoms with Crippen LogP contribution in [0.3, 0.4) is 0 Å². The Balaban J connectivity index is 0.000000810. The van der Waals surface area contributed by atoms with Gasteiger partial charge in [0.1, 0.15) is 11.6 Å². The summed E-state index contributed by atoms with van der Waals surface area (Å²) in [6.07, 6.45) is 0. The fraction of sp³-hybridized carbons (Fsp3) is 0. The smallest absolute Gasteiger partial charge is 0.207 e. The average Bonchev–Trinajstić information content (AvgIpc) is 1.80. The van der Waals surface area contributed by atoms with Crippen LogP contribution in [0, 0.1) is 11.6 Å². The van der Waals surface area contributed by atoms with E-state index in [-0.39, 0.29) is 56.3 Å². The van der Waals surface area contributed by atoms with Crippen molar-refractivity contribution in [3.8, 4) is 0 Å². The van der Waals surface area contributed by atoms with E-state index >= 15 is 0 Å². The van der Waals surface area contributed by atoms with Crippen LogP contribution in [0.5, 0.6) is 0 Å². The van der Waals surface area contributed by atoms with Crippen LogP contribution in [0.4, 0.5) is 8.78 Å². The van der Waals surface area contributed by atoms with Gasteiger partial charge in [-0.2, -0.15) is 0 Å². The Kier molecular flexibility index (Phi) is 5.36. The van der Waals surface area contributed by atoms with E-state index in [1.54, 1.807) is 0 Å². The van der Waals surface area contributed by atoms with Crippen LogP contribution in [0.1, 0.15) is 0 Å². The van der Waals surface area contributed by atoms with Gasteiger partial charge >= 0.3 is 51.4 Å². The molecular formula is C6H4F2KS+. The molecule has 0 fully saturated rings. The zero-order chi connectivity index (χ0) is 6.85. The fourth-order valence-electron chi connectivity index (χ4n) is 0.481. The van der Waals surface area contributed by atoms with Gasteiger partial charge in [-0.1, -0.05) is 0 Å². The summed E-state index contributed by atoms with van der Waals surface area (Å²) in [4.78, 5) is 0.163. The van der Waals surface area contributed by atoms with Crippen LogP contribution in [0.25, 0.3) is 0 Å². The maximum atomic E-state index is 12.3. The van der Waals surface area contributed by atoms with E-state index in [2.05, 4.69) is 12.6 Å². The predicted molar refractivity (Wildman–Crippen MR) is 33.6 cm³/mol. The van der Waals surface area contributed by atoms with Crippen molar-refractivity contribution in [2.24, 2.45) is 0 Å². The molecule has 0 atom stereocenters. The van der Waals surface area contributed by atoms with Crippen molar-refractivity contribution in [2.45, 2.75) is 4.90 Å². The summed E-state index contributed by atoms with van der Waals surface area (Å²) in [5.74, 6) is -1.20. The van der Waals surface area contributed by atoms with Crippen molar-refractivity contribution in [1.82, 2.24) is 0 Å². The summed E-state index contributed by atoms with van der Waals surface area (Å²) < 4.78 is 24.3. The minimum absolute atomic E-state index is 0. The first-order chi connectivity index (χ1) is 4.20. The summed E-state index contributed by atoms with van der Waals surface area (Å²) in [7, 11) is 0. The number of hydrogen-bond acceptors (Lipinski definition) is 1. The van der Waals surface area contributed by atoms with Gasteiger partial charge in [-0.15, -0.1) is 12.6 Å². The standard InChI is InChI=1S/C6H4F2S.K/c7-4-1-2-6(9)5(8)3-4;/h1-3,9H;/q;+1. The van der Waals surface area contributed by atoms with Gasteiger partial charge in [-0.3, -0.25) is 0 Å². The molecule has 0 aliphatic rings. The maximum absolute atomic E-state index is 12.3. The van der Waals surface area contributed by atoms with Crippen molar-refractivity contribution in [3.63, 3.8) is 0 Å². The normalized spacial score (nSPS) is 8.70. The van der Waals surface area contributed by atoms with E-state index < -0.39 is 11.6 Å². The molecule has 1 aromatic rings. The Labute approximate surface area is 106 Å². The van der Waals surface area contributed by atoms with Gasteiger partial charge in [0, 0.05) is 11.0 Å². The molecular weight excluding hydrogens is 181 g/mol. The minimum atomic E-state index is -0.627. The molecule has 1 aromatic carbocycles. The van der Waals surface area contributed by atoms with Crippen LogP contribution < -0.4 is 51.4 Å². The first kappa shape index (κ1) is 11.1. The van der Waals surface area contributed by atoms with Crippen molar-refractivity contribution >= 4 is 12.6 Å². The van der Waals surface area contributed by atoms with Gasteiger partial charge in [0.05, 0.1) is 0 Å². The SMILES string of the molecule is Fc1ccc(S)c(F)c1.[K+]. The second-order valence-electron chi connectivity index (χ2n) is 1.60. The van der Waals surface area contributed by atoms with Crippen LogP contribution in [0.2, 0.25) is 0 Å². The second-order valence-corrected chi connectivity index (χ2v) is 2.08. The van der Waals surface area contributed by atoms with E-state index in [0.29, 0.717) is 0 Å². The van der Waals surface area contributed by atoms with Crippen LogP contribution in [-0.4, -0.2) is 0 Å². The van der Waals surface area contributed by atoms with Crippen molar-refractivity contribution in [3.05, 3.63) is 29.8 Å². The third-order valence-electron chi connectivity index (χ3n) is 0.910. The Morgan fingerprint density at radius 2 is 1.80 bits per heavy atom. The van der Waals surface area contributed by atoms with E-state index in [9.17, 15) is 8.78 Å². The maximum Gasteiger partial charge on any atom is 1.00 e. The van der Waals surface area contributed by atoms with Crippen LogP contribution >= 0.6 is 12.6 Å². The minimum Gasteiger partial charge on any atom is -0.207 e. The molecule has 0 radical (unpaired) electrons. The first-order valence-electron chi connectivity index (χ1n) is 2.34. The van der Waals surface area contributed by atoms with Crippen LogP contribution in [-0.2, 0) is 0 Å². The molecule has 0 bridgehead atoms. The quantitative estimate of drug-likeness (QED) is 0.399. The average molecular weight is 185 g/mol. The topological polar surface area (TPSA) is 0 Å². The fourth-order valence-corrected chi connectivity index (χ4v) is 0.620. The predicted octanol–water partition coefficient (Wildman–Crippen LogP) is -0.742. The summed E-state index contributed by atoms with van der Waals surface area (Å²) in [5, 5.41) is 0. The molecule has 0 aliphatic carbocycles. The van der Waals surface area contributed by atoms with E-state index in [4.69, 9.17) is 0 Å². The van der Waals surface area contributed by atoms with Crippen molar-refractivity contribution < 1.29 is 60.2 Å². The molecule has 0 N–H and O–H groups in total. The summed E-state index contributed by atoms with van der Waals surface area (Å²) in [5.41, 5.74) is 0. The van der Waals surface area contributed by atoms with E-state index in [1.165, 1.54) is 6.07 Å². The van der Waals surface area contributed by atoms with Gasteiger partial charge in [-0.05, 0) is 12.1 Å². The third kappa shape index (κ3) is 2.98. The Morgan fingerprint density at radius 3 is 2.20 bits per heavy atom. The van der Waals surface area contributed by atoms with E-state index in [1.807, 2.05) is 0 Å². The van der Waals surface area contributed by atoms with Gasteiger partial charge in [0.25, 0.3) is 0 Å².